The van der Waals surface area contributed by atoms with Gasteiger partial charge < -0.3 is 10.8 Å². The fourth-order valence-electron chi connectivity index (χ4n) is 1.94. The molecule has 0 saturated heterocycles. The summed E-state index contributed by atoms with van der Waals surface area (Å²) in [6.07, 6.45) is 0.834. The zero-order valence-corrected chi connectivity index (χ0v) is 9.97. The van der Waals surface area contributed by atoms with Gasteiger partial charge in [0.1, 0.15) is 0 Å². The predicted molar refractivity (Wildman–Crippen MR) is 71.6 cm³/mol. The van der Waals surface area contributed by atoms with Crippen LogP contribution in [0.15, 0.2) is 48.5 Å². The van der Waals surface area contributed by atoms with Crippen LogP contribution in [0.25, 0.3) is 11.1 Å². The van der Waals surface area contributed by atoms with Crippen LogP contribution in [-0.2, 0) is 6.42 Å². The average Bonchev–Trinajstić information content (AvgIpc) is 2.40. The van der Waals surface area contributed by atoms with Gasteiger partial charge in [0.25, 0.3) is 0 Å². The summed E-state index contributed by atoms with van der Waals surface area (Å²) in [4.78, 5) is 11.1. The first-order valence-corrected chi connectivity index (χ1v) is 5.84. The van der Waals surface area contributed by atoms with Gasteiger partial charge in [-0.15, -0.1) is 0 Å². The van der Waals surface area contributed by atoms with Crippen molar-refractivity contribution in [3.8, 4) is 11.1 Å². The van der Waals surface area contributed by atoms with Gasteiger partial charge in [-0.1, -0.05) is 42.5 Å². The number of carboxylic acids is 1. The van der Waals surface area contributed by atoms with E-state index in [0.29, 0.717) is 12.1 Å². The Morgan fingerprint density at radius 3 is 2.33 bits per heavy atom. The number of rotatable bonds is 4. The Bertz CT molecular complexity index is 547. The first-order valence-electron chi connectivity index (χ1n) is 5.84. The van der Waals surface area contributed by atoms with Crippen molar-refractivity contribution >= 4 is 5.97 Å². The van der Waals surface area contributed by atoms with Crippen molar-refractivity contribution in [2.24, 2.45) is 5.73 Å². The van der Waals surface area contributed by atoms with E-state index < -0.39 is 5.97 Å². The molecule has 2 aromatic carbocycles. The topological polar surface area (TPSA) is 63.3 Å². The molecule has 0 fully saturated rings. The molecule has 3 nitrogen and oxygen atoms in total. The lowest BCUT2D eigenvalue weighted by atomic mass is 9.98. The van der Waals surface area contributed by atoms with E-state index in [1.54, 1.807) is 12.1 Å². The Morgan fingerprint density at radius 2 is 1.72 bits per heavy atom. The molecular formula is C15H15NO2. The third-order valence-corrected chi connectivity index (χ3v) is 2.86. The van der Waals surface area contributed by atoms with Gasteiger partial charge in [-0.2, -0.15) is 0 Å². The molecule has 0 atom stereocenters. The molecule has 0 unspecified atom stereocenters. The van der Waals surface area contributed by atoms with E-state index in [1.807, 2.05) is 36.4 Å². The highest BCUT2D eigenvalue weighted by molar-refractivity contribution is 5.95. The van der Waals surface area contributed by atoms with E-state index in [0.717, 1.165) is 23.1 Å². The molecule has 18 heavy (non-hydrogen) atoms. The Hall–Kier alpha value is -2.13. The number of hydrogen-bond acceptors (Lipinski definition) is 2. The summed E-state index contributed by atoms with van der Waals surface area (Å²) in [7, 11) is 0. The highest BCUT2D eigenvalue weighted by Crippen LogP contribution is 2.24. The standard InChI is InChI=1S/C15H15NO2/c16-10-9-11-5-7-12(8-6-11)13-3-1-2-4-14(13)15(17)18/h1-8H,9-10,16H2,(H,17,18). The Kier molecular flexibility index (Phi) is 3.75. The van der Waals surface area contributed by atoms with Crippen LogP contribution in [0.1, 0.15) is 15.9 Å². The Labute approximate surface area is 106 Å². The molecule has 0 bridgehead atoms. The molecule has 0 aliphatic rings. The van der Waals surface area contributed by atoms with E-state index in [1.165, 1.54) is 0 Å². The largest absolute Gasteiger partial charge is 0.478 e. The third-order valence-electron chi connectivity index (χ3n) is 2.86. The zero-order valence-electron chi connectivity index (χ0n) is 9.97. The maximum absolute atomic E-state index is 11.1. The molecule has 0 radical (unpaired) electrons. The number of carboxylic acid groups (broad SMARTS) is 1. The van der Waals surface area contributed by atoms with E-state index in [2.05, 4.69) is 0 Å². The van der Waals surface area contributed by atoms with Crippen molar-refractivity contribution in [3.63, 3.8) is 0 Å². The SMILES string of the molecule is NCCc1ccc(-c2ccccc2C(=O)O)cc1. The third kappa shape index (κ3) is 2.57. The number of aromatic carboxylic acids is 1. The minimum atomic E-state index is -0.906. The lowest BCUT2D eigenvalue weighted by molar-refractivity contribution is 0.0697. The summed E-state index contributed by atoms with van der Waals surface area (Å²) in [5.74, 6) is -0.906. The summed E-state index contributed by atoms with van der Waals surface area (Å²) in [5.41, 5.74) is 8.63. The van der Waals surface area contributed by atoms with E-state index in [9.17, 15) is 4.79 Å². The molecule has 2 aromatic rings. The number of carbonyl (C=O) groups is 1. The van der Waals surface area contributed by atoms with E-state index >= 15 is 0 Å². The van der Waals surface area contributed by atoms with Crippen LogP contribution < -0.4 is 5.73 Å². The van der Waals surface area contributed by atoms with Gasteiger partial charge in [0, 0.05) is 0 Å². The summed E-state index contributed by atoms with van der Waals surface area (Å²) in [5, 5.41) is 9.15. The van der Waals surface area contributed by atoms with Crippen LogP contribution in [0.5, 0.6) is 0 Å². The van der Waals surface area contributed by atoms with Crippen LogP contribution in [0.2, 0.25) is 0 Å². The fourth-order valence-corrected chi connectivity index (χ4v) is 1.94. The van der Waals surface area contributed by atoms with Crippen LogP contribution in [-0.4, -0.2) is 17.6 Å². The number of benzene rings is 2. The minimum Gasteiger partial charge on any atom is -0.478 e. The lowest BCUT2D eigenvalue weighted by Crippen LogP contribution is -2.02. The highest BCUT2D eigenvalue weighted by Gasteiger charge is 2.10. The molecule has 0 aromatic heterocycles. The average molecular weight is 241 g/mol. The summed E-state index contributed by atoms with van der Waals surface area (Å²) < 4.78 is 0. The number of hydrogen-bond donors (Lipinski definition) is 2. The molecule has 0 heterocycles. The first kappa shape index (κ1) is 12.3. The van der Waals surface area contributed by atoms with Gasteiger partial charge >= 0.3 is 5.97 Å². The molecule has 2 rings (SSSR count). The second-order valence-corrected chi connectivity index (χ2v) is 4.09. The van der Waals surface area contributed by atoms with Crippen molar-refractivity contribution in [1.82, 2.24) is 0 Å². The summed E-state index contributed by atoms with van der Waals surface area (Å²) in [6.45, 7) is 0.616. The van der Waals surface area contributed by atoms with Gasteiger partial charge in [0.2, 0.25) is 0 Å². The van der Waals surface area contributed by atoms with Gasteiger partial charge in [-0.3, -0.25) is 0 Å². The molecule has 0 saturated carbocycles. The molecule has 3 heteroatoms. The normalized spacial score (nSPS) is 10.3. The molecule has 0 aliphatic carbocycles. The van der Waals surface area contributed by atoms with Gasteiger partial charge in [0.05, 0.1) is 5.56 Å². The van der Waals surface area contributed by atoms with Crippen molar-refractivity contribution in [2.45, 2.75) is 6.42 Å². The van der Waals surface area contributed by atoms with E-state index in [4.69, 9.17) is 10.8 Å². The Morgan fingerprint density at radius 1 is 1.06 bits per heavy atom. The van der Waals surface area contributed by atoms with Crippen LogP contribution in [0, 0.1) is 0 Å². The quantitative estimate of drug-likeness (QED) is 0.864. The number of nitrogens with two attached hydrogens (primary N) is 1. The van der Waals surface area contributed by atoms with E-state index in [-0.39, 0.29) is 0 Å². The van der Waals surface area contributed by atoms with Crippen LogP contribution >= 0.6 is 0 Å². The molecule has 92 valence electrons. The van der Waals surface area contributed by atoms with Crippen molar-refractivity contribution in [1.29, 1.82) is 0 Å². The molecule has 0 amide bonds. The second-order valence-electron chi connectivity index (χ2n) is 4.09. The fraction of sp³-hybridized carbons (Fsp3) is 0.133. The van der Waals surface area contributed by atoms with Gasteiger partial charge in [-0.25, -0.2) is 4.79 Å². The summed E-state index contributed by atoms with van der Waals surface area (Å²) in [6, 6.07) is 14.9. The van der Waals surface area contributed by atoms with Crippen molar-refractivity contribution in [2.75, 3.05) is 6.54 Å². The maximum atomic E-state index is 11.1. The highest BCUT2D eigenvalue weighted by atomic mass is 16.4. The first-order chi connectivity index (χ1) is 8.72. The second kappa shape index (κ2) is 5.47. The van der Waals surface area contributed by atoms with Gasteiger partial charge in [0.15, 0.2) is 0 Å². The lowest BCUT2D eigenvalue weighted by Gasteiger charge is -2.07. The summed E-state index contributed by atoms with van der Waals surface area (Å²) >= 11 is 0. The monoisotopic (exact) mass is 241 g/mol. The molecule has 0 spiro atoms. The zero-order chi connectivity index (χ0) is 13.0. The van der Waals surface area contributed by atoms with Crippen molar-refractivity contribution < 1.29 is 9.90 Å². The molecular weight excluding hydrogens is 226 g/mol. The minimum absolute atomic E-state index is 0.323. The smallest absolute Gasteiger partial charge is 0.336 e. The predicted octanol–water partition coefficient (Wildman–Crippen LogP) is 2.55. The van der Waals surface area contributed by atoms with Crippen molar-refractivity contribution in [3.05, 3.63) is 59.7 Å². The molecule has 0 aliphatic heterocycles. The van der Waals surface area contributed by atoms with Gasteiger partial charge in [-0.05, 0) is 35.7 Å². The van der Waals surface area contributed by atoms with Crippen LogP contribution in [0.3, 0.4) is 0 Å². The maximum Gasteiger partial charge on any atom is 0.336 e. The molecule has 3 N–H and O–H groups in total. The van der Waals surface area contributed by atoms with Crippen LogP contribution in [0.4, 0.5) is 0 Å². The Balaban J connectivity index is 2.39.